The largest absolute Gasteiger partial charge is 0.356 e. The van der Waals surface area contributed by atoms with Crippen LogP contribution >= 0.6 is 0 Å². The lowest BCUT2D eigenvalue weighted by molar-refractivity contribution is -0.384. The number of non-ortho nitro benzene ring substituents is 1. The quantitative estimate of drug-likeness (QED) is 0.318. The van der Waals surface area contributed by atoms with E-state index in [-0.39, 0.29) is 17.3 Å². The third kappa shape index (κ3) is 4.72. The highest BCUT2D eigenvalue weighted by Gasteiger charge is 2.23. The summed E-state index contributed by atoms with van der Waals surface area (Å²) in [4.78, 5) is 40.7. The summed E-state index contributed by atoms with van der Waals surface area (Å²) in [6.07, 6.45) is 1.06. The molecule has 0 aliphatic carbocycles. The van der Waals surface area contributed by atoms with E-state index in [0.717, 1.165) is 6.33 Å². The van der Waals surface area contributed by atoms with Gasteiger partial charge in [0, 0.05) is 17.7 Å². The van der Waals surface area contributed by atoms with Crippen molar-refractivity contribution >= 4 is 34.6 Å². The lowest BCUT2D eigenvalue weighted by atomic mass is 10.2. The van der Waals surface area contributed by atoms with Crippen molar-refractivity contribution in [2.45, 2.75) is 0 Å². The highest BCUT2D eigenvalue weighted by atomic mass is 16.6. The fourth-order valence-corrected chi connectivity index (χ4v) is 2.31. The van der Waals surface area contributed by atoms with Crippen LogP contribution in [0.3, 0.4) is 0 Å². The van der Waals surface area contributed by atoms with Crippen molar-refractivity contribution < 1.29 is 14.6 Å². The molecule has 1 aromatic heterocycles. The molecule has 0 spiro atoms. The molecule has 1 amide bonds. The van der Waals surface area contributed by atoms with E-state index in [1.807, 2.05) is 0 Å². The zero-order valence-corrected chi connectivity index (χ0v) is 15.1. The van der Waals surface area contributed by atoms with Crippen molar-refractivity contribution in [1.29, 1.82) is 0 Å². The lowest BCUT2D eigenvalue weighted by Gasteiger charge is -2.12. The van der Waals surface area contributed by atoms with Gasteiger partial charge in [-0.15, -0.1) is 0 Å². The third-order valence-electron chi connectivity index (χ3n) is 3.74. The van der Waals surface area contributed by atoms with E-state index >= 15 is 0 Å². The molecule has 0 aliphatic rings. The number of carbonyl (C=O) groups is 1. The molecule has 2 aromatic carbocycles. The Bertz CT molecular complexity index is 1080. The van der Waals surface area contributed by atoms with Gasteiger partial charge >= 0.3 is 5.69 Å². The van der Waals surface area contributed by atoms with Crippen molar-refractivity contribution in [2.24, 2.45) is 0 Å². The Morgan fingerprint density at radius 2 is 1.43 bits per heavy atom. The van der Waals surface area contributed by atoms with Gasteiger partial charge in [0.2, 0.25) is 11.6 Å². The van der Waals surface area contributed by atoms with E-state index in [1.165, 1.54) is 24.3 Å². The van der Waals surface area contributed by atoms with Crippen molar-refractivity contribution in [3.8, 4) is 0 Å². The van der Waals surface area contributed by atoms with E-state index in [4.69, 9.17) is 0 Å². The number of benzene rings is 2. The molecule has 0 unspecified atom stereocenters. The second-order valence-corrected chi connectivity index (χ2v) is 5.68. The van der Waals surface area contributed by atoms with E-state index in [1.54, 1.807) is 30.3 Å². The summed E-state index contributed by atoms with van der Waals surface area (Å²) in [5, 5.41) is 22.2. The Labute approximate surface area is 168 Å². The Morgan fingerprint density at radius 3 is 2.03 bits per heavy atom. The molecule has 4 N–H and O–H groups in total. The van der Waals surface area contributed by atoms with Crippen molar-refractivity contribution in [3.05, 3.63) is 86.7 Å². The molecule has 152 valence electrons. The maximum absolute atomic E-state index is 12.1. The van der Waals surface area contributed by atoms with Gasteiger partial charge in [-0.3, -0.25) is 46.7 Å². The molecule has 0 aliphatic heterocycles. The number of amides is 1. The number of rotatable bonds is 8. The second-order valence-electron chi connectivity index (χ2n) is 5.68. The first kappa shape index (κ1) is 19.9. The van der Waals surface area contributed by atoms with Gasteiger partial charge in [-0.1, -0.05) is 18.2 Å². The molecule has 0 saturated heterocycles. The summed E-state index contributed by atoms with van der Waals surface area (Å²) < 4.78 is 0. The number of hydrazine groups is 2. The summed E-state index contributed by atoms with van der Waals surface area (Å²) in [6, 6.07) is 13.6. The normalized spacial score (nSPS) is 10.0. The van der Waals surface area contributed by atoms with Gasteiger partial charge in [0.1, 0.15) is 6.33 Å². The van der Waals surface area contributed by atoms with E-state index in [2.05, 4.69) is 31.7 Å². The lowest BCUT2D eigenvalue weighted by Crippen LogP contribution is -2.30. The molecule has 30 heavy (non-hydrogen) atoms. The van der Waals surface area contributed by atoms with Gasteiger partial charge in [-0.2, -0.15) is 0 Å². The Morgan fingerprint density at radius 1 is 0.800 bits per heavy atom. The molecule has 0 radical (unpaired) electrons. The van der Waals surface area contributed by atoms with Crippen molar-refractivity contribution in [1.82, 2.24) is 15.4 Å². The fourth-order valence-electron chi connectivity index (χ4n) is 2.31. The van der Waals surface area contributed by atoms with Crippen LogP contribution in [-0.4, -0.2) is 25.7 Å². The topological polar surface area (TPSA) is 177 Å². The van der Waals surface area contributed by atoms with Crippen LogP contribution in [0.2, 0.25) is 0 Å². The zero-order chi connectivity index (χ0) is 21.5. The maximum Gasteiger partial charge on any atom is 0.356 e. The van der Waals surface area contributed by atoms with Crippen LogP contribution in [0.4, 0.5) is 28.7 Å². The Kier molecular flexibility index (Phi) is 5.93. The number of nitro groups is 2. The number of hydrogen-bond acceptors (Lipinski definition) is 10. The zero-order valence-electron chi connectivity index (χ0n) is 15.1. The first-order valence-corrected chi connectivity index (χ1v) is 8.33. The number of anilines is 3. The summed E-state index contributed by atoms with van der Waals surface area (Å²) in [5.74, 6) is -0.945. The first-order chi connectivity index (χ1) is 14.5. The SMILES string of the molecule is O=C(NNc1ncnc(NNc2ccc([N+](=O)[O-])cc2)c1[N+](=O)[O-])c1ccccc1. The first-order valence-electron chi connectivity index (χ1n) is 8.33. The van der Waals surface area contributed by atoms with Crippen LogP contribution in [-0.2, 0) is 0 Å². The van der Waals surface area contributed by atoms with Crippen molar-refractivity contribution in [3.63, 3.8) is 0 Å². The predicted octanol–water partition coefficient (Wildman–Crippen LogP) is 2.49. The highest BCUT2D eigenvalue weighted by Crippen LogP contribution is 2.28. The predicted molar refractivity (Wildman–Crippen MR) is 107 cm³/mol. The minimum absolute atomic E-state index is 0.103. The van der Waals surface area contributed by atoms with E-state index < -0.39 is 21.4 Å². The molecule has 13 heteroatoms. The van der Waals surface area contributed by atoms with Crippen LogP contribution in [0, 0.1) is 20.2 Å². The van der Waals surface area contributed by atoms with Gasteiger partial charge in [0.15, 0.2) is 0 Å². The summed E-state index contributed by atoms with van der Waals surface area (Å²) in [5.41, 5.74) is 10.1. The molecule has 3 rings (SSSR count). The number of nitrogens with zero attached hydrogens (tertiary/aromatic N) is 4. The number of aromatic nitrogens is 2. The third-order valence-corrected chi connectivity index (χ3v) is 3.74. The van der Waals surface area contributed by atoms with Gasteiger partial charge < -0.3 is 0 Å². The maximum atomic E-state index is 12.1. The fraction of sp³-hybridized carbons (Fsp3) is 0. The Hall–Kier alpha value is -4.81. The van der Waals surface area contributed by atoms with Gasteiger partial charge in [-0.05, 0) is 24.3 Å². The van der Waals surface area contributed by atoms with E-state index in [9.17, 15) is 25.0 Å². The molecule has 0 atom stereocenters. The summed E-state index contributed by atoms with van der Waals surface area (Å²) in [7, 11) is 0. The molecular formula is C17H14N8O5. The van der Waals surface area contributed by atoms with Crippen LogP contribution < -0.4 is 21.7 Å². The standard InChI is InChI=1S/C17H14N8O5/c26-17(11-4-2-1-3-5-11)23-22-16-14(25(29)30)15(18-10-19-16)21-20-12-6-8-13(9-7-12)24(27)28/h1-10,20H,(H,23,26)(H2,18,19,21,22). The van der Waals surface area contributed by atoms with Crippen LogP contribution in [0.5, 0.6) is 0 Å². The van der Waals surface area contributed by atoms with Crippen LogP contribution in [0.25, 0.3) is 0 Å². The Balaban J connectivity index is 1.73. The second kappa shape index (κ2) is 8.92. The van der Waals surface area contributed by atoms with Crippen LogP contribution in [0.15, 0.2) is 60.9 Å². The molecular weight excluding hydrogens is 396 g/mol. The number of carbonyl (C=O) groups excluding carboxylic acids is 1. The van der Waals surface area contributed by atoms with Gasteiger partial charge in [0.25, 0.3) is 11.6 Å². The number of hydrogen-bond donors (Lipinski definition) is 4. The summed E-state index contributed by atoms with van der Waals surface area (Å²) in [6.45, 7) is 0. The molecule has 3 aromatic rings. The van der Waals surface area contributed by atoms with Crippen molar-refractivity contribution in [2.75, 3.05) is 16.3 Å². The van der Waals surface area contributed by atoms with Crippen LogP contribution in [0.1, 0.15) is 10.4 Å². The minimum atomic E-state index is -0.725. The highest BCUT2D eigenvalue weighted by molar-refractivity contribution is 5.95. The number of nitro benzene ring substituents is 1. The number of nitrogens with one attached hydrogen (secondary N) is 4. The molecule has 0 bridgehead atoms. The minimum Gasteiger partial charge on any atom is -0.299 e. The average Bonchev–Trinajstić information content (AvgIpc) is 2.76. The van der Waals surface area contributed by atoms with E-state index in [0.29, 0.717) is 11.3 Å². The smallest absolute Gasteiger partial charge is 0.299 e. The molecule has 0 saturated carbocycles. The van der Waals surface area contributed by atoms with Gasteiger partial charge in [-0.25, -0.2) is 9.97 Å². The monoisotopic (exact) mass is 410 g/mol. The summed E-state index contributed by atoms with van der Waals surface area (Å²) >= 11 is 0. The molecule has 13 nitrogen and oxygen atoms in total. The molecule has 1 heterocycles. The molecule has 0 fully saturated rings. The van der Waals surface area contributed by atoms with Gasteiger partial charge in [0.05, 0.1) is 15.5 Å². The average molecular weight is 410 g/mol.